The van der Waals surface area contributed by atoms with E-state index in [9.17, 15) is 14.7 Å². The lowest BCUT2D eigenvalue weighted by Gasteiger charge is -2.07. The van der Waals surface area contributed by atoms with Gasteiger partial charge in [-0.05, 0) is 25.5 Å². The smallest absolute Gasteiger partial charge is 0.255 e. The standard InChI is InChI=1S/C12H15NO3/c1-3-7-13-12(16)10-6-4-5-9(8(2)14)11(10)15/h4-6,15H,3,7H2,1-2H3,(H,13,16). The molecular formula is C12H15NO3. The zero-order chi connectivity index (χ0) is 12.1. The third-order valence-electron chi connectivity index (χ3n) is 2.20. The van der Waals surface area contributed by atoms with Gasteiger partial charge in [0.25, 0.3) is 5.91 Å². The zero-order valence-corrected chi connectivity index (χ0v) is 9.41. The quantitative estimate of drug-likeness (QED) is 0.761. The number of amides is 1. The molecule has 0 bridgehead atoms. The van der Waals surface area contributed by atoms with E-state index in [-0.39, 0.29) is 28.6 Å². The van der Waals surface area contributed by atoms with Crippen molar-refractivity contribution in [3.05, 3.63) is 29.3 Å². The summed E-state index contributed by atoms with van der Waals surface area (Å²) >= 11 is 0. The number of para-hydroxylation sites is 1. The Morgan fingerprint density at radius 2 is 1.94 bits per heavy atom. The number of phenolic OH excluding ortho intramolecular Hbond substituents is 1. The molecule has 0 fully saturated rings. The lowest BCUT2D eigenvalue weighted by Crippen LogP contribution is -2.24. The second-order valence-electron chi connectivity index (χ2n) is 3.51. The minimum atomic E-state index is -0.359. The van der Waals surface area contributed by atoms with Crippen molar-refractivity contribution in [2.24, 2.45) is 0 Å². The number of ketones is 1. The number of carbonyl (C=O) groups excluding carboxylic acids is 2. The van der Waals surface area contributed by atoms with Crippen LogP contribution < -0.4 is 5.32 Å². The van der Waals surface area contributed by atoms with Gasteiger partial charge in [-0.1, -0.05) is 13.0 Å². The second kappa shape index (κ2) is 5.30. The number of benzene rings is 1. The van der Waals surface area contributed by atoms with E-state index in [0.29, 0.717) is 6.54 Å². The molecule has 0 aromatic heterocycles. The fourth-order valence-electron chi connectivity index (χ4n) is 1.34. The maximum atomic E-state index is 11.6. The van der Waals surface area contributed by atoms with Gasteiger partial charge in [0.2, 0.25) is 0 Å². The zero-order valence-electron chi connectivity index (χ0n) is 9.41. The number of carbonyl (C=O) groups is 2. The molecule has 86 valence electrons. The van der Waals surface area contributed by atoms with Gasteiger partial charge < -0.3 is 10.4 Å². The summed E-state index contributed by atoms with van der Waals surface area (Å²) in [5.74, 6) is -0.867. The number of phenols is 1. The summed E-state index contributed by atoms with van der Waals surface area (Å²) < 4.78 is 0. The summed E-state index contributed by atoms with van der Waals surface area (Å²) in [5, 5.41) is 12.4. The lowest BCUT2D eigenvalue weighted by atomic mass is 10.1. The van der Waals surface area contributed by atoms with Crippen LogP contribution in [-0.2, 0) is 0 Å². The van der Waals surface area contributed by atoms with Crippen LogP contribution in [0.1, 0.15) is 41.0 Å². The molecule has 0 saturated heterocycles. The Hall–Kier alpha value is -1.84. The predicted octanol–water partition coefficient (Wildman–Crippen LogP) is 1.73. The Bertz CT molecular complexity index is 413. The van der Waals surface area contributed by atoms with E-state index in [4.69, 9.17) is 0 Å². The average molecular weight is 221 g/mol. The molecule has 0 radical (unpaired) electrons. The van der Waals surface area contributed by atoms with E-state index < -0.39 is 0 Å². The highest BCUT2D eigenvalue weighted by atomic mass is 16.3. The maximum absolute atomic E-state index is 11.6. The predicted molar refractivity (Wildman–Crippen MR) is 60.7 cm³/mol. The monoisotopic (exact) mass is 221 g/mol. The number of hydrogen-bond donors (Lipinski definition) is 2. The molecule has 4 heteroatoms. The molecule has 0 spiro atoms. The number of Topliss-reactive ketones (excluding diaryl/α,β-unsaturated/α-hetero) is 1. The first-order valence-corrected chi connectivity index (χ1v) is 5.19. The normalized spacial score (nSPS) is 9.88. The van der Waals surface area contributed by atoms with E-state index in [1.54, 1.807) is 6.07 Å². The van der Waals surface area contributed by atoms with Crippen LogP contribution in [0.25, 0.3) is 0 Å². The highest BCUT2D eigenvalue weighted by Crippen LogP contribution is 2.22. The van der Waals surface area contributed by atoms with Crippen LogP contribution >= 0.6 is 0 Å². The fourth-order valence-corrected chi connectivity index (χ4v) is 1.34. The Balaban J connectivity index is 3.01. The molecule has 0 aliphatic rings. The molecule has 2 N–H and O–H groups in total. The first-order chi connectivity index (χ1) is 7.57. The van der Waals surface area contributed by atoms with E-state index in [0.717, 1.165) is 6.42 Å². The Morgan fingerprint density at radius 3 is 2.50 bits per heavy atom. The molecule has 0 saturated carbocycles. The van der Waals surface area contributed by atoms with Crippen molar-refractivity contribution < 1.29 is 14.7 Å². The van der Waals surface area contributed by atoms with Crippen molar-refractivity contribution in [1.29, 1.82) is 0 Å². The van der Waals surface area contributed by atoms with Crippen LogP contribution in [0, 0.1) is 0 Å². The minimum Gasteiger partial charge on any atom is -0.506 e. The van der Waals surface area contributed by atoms with E-state index in [2.05, 4.69) is 5.32 Å². The van der Waals surface area contributed by atoms with Gasteiger partial charge in [-0.15, -0.1) is 0 Å². The van der Waals surface area contributed by atoms with Crippen molar-refractivity contribution in [2.75, 3.05) is 6.54 Å². The largest absolute Gasteiger partial charge is 0.506 e. The van der Waals surface area contributed by atoms with Gasteiger partial charge in [0.05, 0.1) is 11.1 Å². The molecule has 1 aromatic rings. The fraction of sp³-hybridized carbons (Fsp3) is 0.333. The van der Waals surface area contributed by atoms with Crippen molar-refractivity contribution in [3.63, 3.8) is 0 Å². The molecule has 0 atom stereocenters. The molecule has 1 rings (SSSR count). The highest BCUT2D eigenvalue weighted by Gasteiger charge is 2.15. The summed E-state index contributed by atoms with van der Waals surface area (Å²) in [5.41, 5.74) is 0.310. The lowest BCUT2D eigenvalue weighted by molar-refractivity contribution is 0.0951. The molecule has 0 aliphatic heterocycles. The Kier molecular flexibility index (Phi) is 4.05. The number of hydrogen-bond acceptors (Lipinski definition) is 3. The van der Waals surface area contributed by atoms with Gasteiger partial charge in [0.15, 0.2) is 5.78 Å². The van der Waals surface area contributed by atoms with Gasteiger partial charge in [-0.3, -0.25) is 9.59 Å². The number of aromatic hydroxyl groups is 1. The van der Waals surface area contributed by atoms with E-state index in [1.807, 2.05) is 6.92 Å². The summed E-state index contributed by atoms with van der Waals surface area (Å²) in [6.07, 6.45) is 0.818. The molecule has 0 unspecified atom stereocenters. The first kappa shape index (κ1) is 12.2. The van der Waals surface area contributed by atoms with Crippen molar-refractivity contribution >= 4 is 11.7 Å². The number of rotatable bonds is 4. The summed E-state index contributed by atoms with van der Waals surface area (Å²) in [6, 6.07) is 4.57. The van der Waals surface area contributed by atoms with Crippen LogP contribution in [0.15, 0.2) is 18.2 Å². The second-order valence-corrected chi connectivity index (χ2v) is 3.51. The molecule has 1 amide bonds. The summed E-state index contributed by atoms with van der Waals surface area (Å²) in [6.45, 7) is 3.83. The Labute approximate surface area is 94.3 Å². The topological polar surface area (TPSA) is 66.4 Å². The third-order valence-corrected chi connectivity index (χ3v) is 2.20. The van der Waals surface area contributed by atoms with Gasteiger partial charge in [-0.25, -0.2) is 0 Å². The SMILES string of the molecule is CCCNC(=O)c1cccc(C(C)=O)c1O. The molecular weight excluding hydrogens is 206 g/mol. The molecule has 0 aliphatic carbocycles. The van der Waals surface area contributed by atoms with E-state index in [1.165, 1.54) is 19.1 Å². The third kappa shape index (κ3) is 2.59. The average Bonchev–Trinajstić information content (AvgIpc) is 2.25. The molecule has 16 heavy (non-hydrogen) atoms. The molecule has 1 aromatic carbocycles. The van der Waals surface area contributed by atoms with Crippen molar-refractivity contribution in [3.8, 4) is 5.75 Å². The maximum Gasteiger partial charge on any atom is 0.255 e. The van der Waals surface area contributed by atoms with E-state index >= 15 is 0 Å². The highest BCUT2D eigenvalue weighted by molar-refractivity contribution is 6.03. The van der Waals surface area contributed by atoms with Crippen molar-refractivity contribution in [2.45, 2.75) is 20.3 Å². The molecule has 0 heterocycles. The van der Waals surface area contributed by atoms with Gasteiger partial charge in [0, 0.05) is 6.54 Å². The van der Waals surface area contributed by atoms with Crippen LogP contribution in [0.5, 0.6) is 5.75 Å². The van der Waals surface area contributed by atoms with Gasteiger partial charge >= 0.3 is 0 Å². The molecule has 4 nitrogen and oxygen atoms in total. The van der Waals surface area contributed by atoms with Crippen LogP contribution in [-0.4, -0.2) is 23.3 Å². The Morgan fingerprint density at radius 1 is 1.31 bits per heavy atom. The summed E-state index contributed by atoms with van der Waals surface area (Å²) in [7, 11) is 0. The summed E-state index contributed by atoms with van der Waals surface area (Å²) in [4.78, 5) is 22.8. The minimum absolute atomic E-state index is 0.140. The first-order valence-electron chi connectivity index (χ1n) is 5.19. The van der Waals surface area contributed by atoms with Gasteiger partial charge in [-0.2, -0.15) is 0 Å². The van der Waals surface area contributed by atoms with Crippen LogP contribution in [0.4, 0.5) is 0 Å². The van der Waals surface area contributed by atoms with Crippen LogP contribution in [0.3, 0.4) is 0 Å². The van der Waals surface area contributed by atoms with Crippen LogP contribution in [0.2, 0.25) is 0 Å². The van der Waals surface area contributed by atoms with Gasteiger partial charge in [0.1, 0.15) is 5.75 Å². The van der Waals surface area contributed by atoms with Crippen molar-refractivity contribution in [1.82, 2.24) is 5.32 Å². The number of nitrogens with one attached hydrogen (secondary N) is 1.